The van der Waals surface area contributed by atoms with E-state index >= 15 is 8.78 Å². The summed E-state index contributed by atoms with van der Waals surface area (Å²) in [4.78, 5) is 18.9. The molecule has 5 aromatic rings. The molecule has 1 fully saturated rings. The van der Waals surface area contributed by atoms with Crippen LogP contribution in [0.25, 0.3) is 22.2 Å². The molecule has 1 aromatic heterocycles. The lowest BCUT2D eigenvalue weighted by Gasteiger charge is -2.27. The summed E-state index contributed by atoms with van der Waals surface area (Å²) in [6, 6.07) is 18.1. The van der Waals surface area contributed by atoms with E-state index < -0.39 is 17.6 Å². The molecule has 0 spiro atoms. The van der Waals surface area contributed by atoms with Crippen molar-refractivity contribution in [3.63, 3.8) is 0 Å². The minimum Gasteiger partial charge on any atom is -0.465 e. The minimum atomic E-state index is -0.681. The summed E-state index contributed by atoms with van der Waals surface area (Å²) in [6.07, 6.45) is 1.52. The zero-order valence-corrected chi connectivity index (χ0v) is 25.2. The third-order valence-corrected chi connectivity index (χ3v) is 8.93. The van der Waals surface area contributed by atoms with Gasteiger partial charge in [0.2, 0.25) is 0 Å². The van der Waals surface area contributed by atoms with E-state index in [1.807, 2.05) is 22.8 Å². The van der Waals surface area contributed by atoms with Crippen molar-refractivity contribution in [1.29, 1.82) is 0 Å². The van der Waals surface area contributed by atoms with E-state index in [0.29, 0.717) is 70.4 Å². The van der Waals surface area contributed by atoms with Gasteiger partial charge in [0.05, 0.1) is 36.4 Å². The van der Waals surface area contributed by atoms with Crippen molar-refractivity contribution in [3.8, 4) is 11.1 Å². The van der Waals surface area contributed by atoms with Crippen molar-refractivity contribution in [3.05, 3.63) is 117 Å². The largest absolute Gasteiger partial charge is 0.465 e. The van der Waals surface area contributed by atoms with E-state index in [9.17, 15) is 9.18 Å². The predicted molar refractivity (Wildman–Crippen MR) is 166 cm³/mol. The molecule has 1 saturated heterocycles. The lowest BCUT2D eigenvalue weighted by molar-refractivity contribution is -0.0589. The molecular weight excluding hydrogens is 603 g/mol. The van der Waals surface area contributed by atoms with E-state index in [1.54, 1.807) is 30.3 Å². The molecule has 0 radical (unpaired) electrons. The molecule has 0 amide bonds. The summed E-state index contributed by atoms with van der Waals surface area (Å²) in [5.41, 5.74) is 5.12. The van der Waals surface area contributed by atoms with Crippen LogP contribution in [-0.2, 0) is 35.4 Å². The highest BCUT2D eigenvalue weighted by molar-refractivity contribution is 6.30. The van der Waals surface area contributed by atoms with E-state index in [2.05, 4.69) is 9.88 Å². The first-order valence-corrected chi connectivity index (χ1v) is 15.1. The molecule has 45 heavy (non-hydrogen) atoms. The Morgan fingerprint density at radius 1 is 1.00 bits per heavy atom. The number of carbonyl (C=O) groups is 1. The van der Waals surface area contributed by atoms with Gasteiger partial charge in [0.1, 0.15) is 23.3 Å². The van der Waals surface area contributed by atoms with E-state index in [0.717, 1.165) is 24.1 Å². The van der Waals surface area contributed by atoms with E-state index in [4.69, 9.17) is 21.1 Å². The molecule has 2 aliphatic rings. The first kappa shape index (κ1) is 29.4. The monoisotopic (exact) mass is 631 g/mol. The van der Waals surface area contributed by atoms with Crippen LogP contribution in [0.5, 0.6) is 0 Å². The normalized spacial score (nSPS) is 15.8. The Balaban J connectivity index is 1.19. The maximum absolute atomic E-state index is 15.7. The highest BCUT2D eigenvalue weighted by Crippen LogP contribution is 2.36. The molecule has 6 nitrogen and oxygen atoms in total. The second-order valence-electron chi connectivity index (χ2n) is 11.5. The first-order chi connectivity index (χ1) is 21.8. The zero-order chi connectivity index (χ0) is 31.2. The molecule has 0 N–H and O–H groups in total. The first-order valence-electron chi connectivity index (χ1n) is 14.8. The topological polar surface area (TPSA) is 56.6 Å². The predicted octanol–water partition coefficient (Wildman–Crippen LogP) is 7.50. The molecule has 230 valence electrons. The van der Waals surface area contributed by atoms with E-state index in [1.165, 1.54) is 25.3 Å². The summed E-state index contributed by atoms with van der Waals surface area (Å²) in [5, 5.41) is 0.338. The SMILES string of the molecule is COC(=O)c1ccc2nc(Cc3c(F)cc(-c4ccc5c(c4)N(Cc4ccc(Cl)cc4F)CC5)cc3F)n(C[C@@H]3CCO3)c2c1. The van der Waals surface area contributed by atoms with Gasteiger partial charge >= 0.3 is 5.97 Å². The zero-order valence-electron chi connectivity index (χ0n) is 24.5. The molecular formula is C35H29ClF3N3O3. The van der Waals surface area contributed by atoms with Crippen molar-refractivity contribution < 1.29 is 27.4 Å². The molecule has 4 aromatic carbocycles. The molecule has 0 unspecified atom stereocenters. The maximum Gasteiger partial charge on any atom is 0.337 e. The van der Waals surface area contributed by atoms with Crippen LogP contribution in [0.2, 0.25) is 5.02 Å². The van der Waals surface area contributed by atoms with Crippen molar-refractivity contribution >= 4 is 34.3 Å². The van der Waals surface area contributed by atoms with E-state index in [-0.39, 0.29) is 23.9 Å². The lowest BCUT2D eigenvalue weighted by Crippen LogP contribution is -2.31. The van der Waals surface area contributed by atoms with Gasteiger partial charge in [-0.2, -0.15) is 0 Å². The highest BCUT2D eigenvalue weighted by Gasteiger charge is 2.25. The Bertz CT molecular complexity index is 1930. The number of hydrogen-bond donors (Lipinski definition) is 0. The van der Waals surface area contributed by atoms with Crippen LogP contribution < -0.4 is 4.90 Å². The van der Waals surface area contributed by atoms with Crippen molar-refractivity contribution in [2.45, 2.75) is 38.5 Å². The Hall–Kier alpha value is -4.34. The van der Waals surface area contributed by atoms with Crippen LogP contribution in [-0.4, -0.2) is 41.9 Å². The van der Waals surface area contributed by atoms with Crippen LogP contribution in [0.3, 0.4) is 0 Å². The number of benzene rings is 4. The molecule has 1 atom stereocenters. The van der Waals surface area contributed by atoms with Gasteiger partial charge in [-0.05, 0) is 78.1 Å². The fourth-order valence-electron chi connectivity index (χ4n) is 6.13. The Kier molecular flexibility index (Phi) is 7.75. The molecule has 0 aliphatic carbocycles. The number of esters is 1. The molecule has 7 rings (SSSR count). The Labute approximate surface area is 263 Å². The number of carbonyl (C=O) groups excluding carboxylic acids is 1. The van der Waals surface area contributed by atoms with Gasteiger partial charge in [-0.3, -0.25) is 0 Å². The number of anilines is 1. The summed E-state index contributed by atoms with van der Waals surface area (Å²) in [6.45, 7) is 2.16. The van der Waals surface area contributed by atoms with Crippen LogP contribution in [0, 0.1) is 17.5 Å². The van der Waals surface area contributed by atoms with Crippen LogP contribution in [0.1, 0.15) is 39.3 Å². The van der Waals surface area contributed by atoms with Gasteiger partial charge in [-0.1, -0.05) is 29.8 Å². The second kappa shape index (κ2) is 11.9. The number of methoxy groups -OCH3 is 1. The van der Waals surface area contributed by atoms with Crippen LogP contribution >= 0.6 is 11.6 Å². The lowest BCUT2D eigenvalue weighted by atomic mass is 9.99. The number of fused-ring (bicyclic) bond motifs is 2. The molecule has 0 saturated carbocycles. The summed E-state index contributed by atoms with van der Waals surface area (Å²) < 4.78 is 58.3. The summed E-state index contributed by atoms with van der Waals surface area (Å²) in [5.74, 6) is -1.75. The number of rotatable bonds is 8. The average Bonchev–Trinajstić information content (AvgIpc) is 3.57. The molecule has 2 aliphatic heterocycles. The second-order valence-corrected chi connectivity index (χ2v) is 11.9. The number of hydrogen-bond acceptors (Lipinski definition) is 5. The highest BCUT2D eigenvalue weighted by atomic mass is 35.5. The minimum absolute atomic E-state index is 0.0458. The molecule has 10 heteroatoms. The van der Waals surface area contributed by atoms with Gasteiger partial charge in [0.15, 0.2) is 0 Å². The fourth-order valence-corrected chi connectivity index (χ4v) is 6.29. The molecule has 0 bridgehead atoms. The van der Waals surface area contributed by atoms with Gasteiger partial charge < -0.3 is 18.9 Å². The third kappa shape index (κ3) is 5.66. The van der Waals surface area contributed by atoms with Gasteiger partial charge in [-0.25, -0.2) is 22.9 Å². The molecule has 3 heterocycles. The number of ether oxygens (including phenoxy) is 2. The quantitative estimate of drug-likeness (QED) is 0.166. The smallest absolute Gasteiger partial charge is 0.337 e. The van der Waals surface area contributed by atoms with Gasteiger partial charge in [-0.15, -0.1) is 0 Å². The van der Waals surface area contributed by atoms with Crippen LogP contribution in [0.15, 0.2) is 66.7 Å². The van der Waals surface area contributed by atoms with Crippen LogP contribution in [0.4, 0.5) is 18.9 Å². The fraction of sp³-hybridized carbons (Fsp3) is 0.257. The standard InChI is InChI=1S/C35H29ClF3N3O3/c1-44-35(43)22-5-7-31-33(15-22)42(19-26-9-11-45-26)34(40-31)17-27-29(38)12-24(13-30(27)39)21-3-2-20-8-10-41(32(20)14-21)18-23-4-6-25(36)16-28(23)37/h2-7,12-16,26H,8-11,17-19H2,1H3/t26-/m0/s1. The average molecular weight is 632 g/mol. The number of imidazole rings is 1. The number of aromatic nitrogens is 2. The Morgan fingerprint density at radius 3 is 2.51 bits per heavy atom. The summed E-state index contributed by atoms with van der Waals surface area (Å²) >= 11 is 5.92. The van der Waals surface area contributed by atoms with Gasteiger partial charge in [0.25, 0.3) is 0 Å². The summed E-state index contributed by atoms with van der Waals surface area (Å²) in [7, 11) is 1.31. The third-order valence-electron chi connectivity index (χ3n) is 8.69. The van der Waals surface area contributed by atoms with Gasteiger partial charge in [0, 0.05) is 48.0 Å². The van der Waals surface area contributed by atoms with Crippen molar-refractivity contribution in [2.24, 2.45) is 0 Å². The maximum atomic E-state index is 15.7. The number of nitrogens with zero attached hydrogens (tertiary/aromatic N) is 3. The Morgan fingerprint density at radius 2 is 1.80 bits per heavy atom. The van der Waals surface area contributed by atoms with Crippen molar-refractivity contribution in [1.82, 2.24) is 9.55 Å². The van der Waals surface area contributed by atoms with Crippen molar-refractivity contribution in [2.75, 3.05) is 25.2 Å². The number of halogens is 4.